The fraction of sp³-hybridized carbons (Fsp3) is 0.176. The largest absolute Gasteiger partial charge is 0.508 e. The van der Waals surface area contributed by atoms with Crippen molar-refractivity contribution < 1.29 is 14.9 Å². The maximum Gasteiger partial charge on any atom is 0.163 e. The molecular weight excluding hydrogens is 280 g/mol. The van der Waals surface area contributed by atoms with Crippen LogP contribution < -0.4 is 4.74 Å². The molecule has 0 spiro atoms. The number of phenolic OH excluding ortho intramolecular Hbond substituents is 2. The monoisotopic (exact) mass is 294 g/mol. The molecule has 2 aromatic rings. The molecule has 0 saturated carbocycles. The molecule has 5 nitrogen and oxygen atoms in total. The van der Waals surface area contributed by atoms with Gasteiger partial charge in [-0.15, -0.1) is 0 Å². The predicted octanol–water partition coefficient (Wildman–Crippen LogP) is 3.76. The third kappa shape index (κ3) is 2.94. The van der Waals surface area contributed by atoms with Crippen LogP contribution in [0.2, 0.25) is 0 Å². The van der Waals surface area contributed by atoms with Gasteiger partial charge in [0.1, 0.15) is 29.4 Å². The van der Waals surface area contributed by atoms with Crippen LogP contribution in [-0.4, -0.2) is 10.2 Å². The first kappa shape index (κ1) is 15.2. The van der Waals surface area contributed by atoms with Gasteiger partial charge >= 0.3 is 0 Å². The molecule has 0 radical (unpaired) electrons. The van der Waals surface area contributed by atoms with Crippen LogP contribution in [0, 0.1) is 22.7 Å². The highest BCUT2D eigenvalue weighted by atomic mass is 16.5. The van der Waals surface area contributed by atoms with Crippen molar-refractivity contribution >= 4 is 0 Å². The van der Waals surface area contributed by atoms with Crippen LogP contribution in [0.3, 0.4) is 0 Å². The number of rotatable bonds is 3. The van der Waals surface area contributed by atoms with E-state index < -0.39 is 0 Å². The van der Waals surface area contributed by atoms with Crippen molar-refractivity contribution in [2.75, 3.05) is 0 Å². The van der Waals surface area contributed by atoms with Gasteiger partial charge in [0.05, 0.1) is 11.1 Å². The maximum absolute atomic E-state index is 9.82. The van der Waals surface area contributed by atoms with Gasteiger partial charge in [0.2, 0.25) is 0 Å². The van der Waals surface area contributed by atoms with Crippen LogP contribution in [0.25, 0.3) is 0 Å². The van der Waals surface area contributed by atoms with Crippen LogP contribution in [0.15, 0.2) is 30.3 Å². The molecule has 0 aliphatic heterocycles. The fourth-order valence-electron chi connectivity index (χ4n) is 2.07. The zero-order valence-electron chi connectivity index (χ0n) is 12.2. The summed E-state index contributed by atoms with van der Waals surface area (Å²) in [6, 6.07) is 11.0. The van der Waals surface area contributed by atoms with E-state index in [9.17, 15) is 10.2 Å². The van der Waals surface area contributed by atoms with Gasteiger partial charge in [-0.3, -0.25) is 0 Å². The Morgan fingerprint density at radius 3 is 2.09 bits per heavy atom. The van der Waals surface area contributed by atoms with Gasteiger partial charge in [0.25, 0.3) is 0 Å². The highest BCUT2D eigenvalue weighted by Crippen LogP contribution is 2.35. The van der Waals surface area contributed by atoms with Crippen molar-refractivity contribution in [1.29, 1.82) is 10.5 Å². The highest BCUT2D eigenvalue weighted by molar-refractivity contribution is 5.58. The summed E-state index contributed by atoms with van der Waals surface area (Å²) in [6.45, 7) is 3.86. The first-order valence-electron chi connectivity index (χ1n) is 6.64. The van der Waals surface area contributed by atoms with E-state index in [-0.39, 0.29) is 34.3 Å². The van der Waals surface area contributed by atoms with E-state index in [1.807, 2.05) is 26.0 Å². The molecule has 0 atom stereocenters. The summed E-state index contributed by atoms with van der Waals surface area (Å²) in [7, 11) is 0. The summed E-state index contributed by atoms with van der Waals surface area (Å²) >= 11 is 0. The molecule has 0 saturated heterocycles. The van der Waals surface area contributed by atoms with Gasteiger partial charge in [0, 0.05) is 17.7 Å². The summed E-state index contributed by atoms with van der Waals surface area (Å²) in [4.78, 5) is 0. The minimum Gasteiger partial charge on any atom is -0.508 e. The van der Waals surface area contributed by atoms with E-state index in [2.05, 4.69) is 0 Å². The molecule has 2 rings (SSSR count). The van der Waals surface area contributed by atoms with Gasteiger partial charge in [-0.25, -0.2) is 0 Å². The van der Waals surface area contributed by atoms with Gasteiger partial charge in [-0.05, 0) is 24.1 Å². The third-order valence-corrected chi connectivity index (χ3v) is 3.16. The fourth-order valence-corrected chi connectivity index (χ4v) is 2.07. The number of aromatic hydroxyl groups is 2. The Hall–Kier alpha value is -3.18. The molecule has 0 bridgehead atoms. The minimum absolute atomic E-state index is 0.0655. The van der Waals surface area contributed by atoms with E-state index in [1.165, 1.54) is 18.2 Å². The molecule has 0 aliphatic carbocycles. The Labute approximate surface area is 128 Å². The quantitative estimate of drug-likeness (QED) is 0.898. The molecule has 5 heteroatoms. The predicted molar refractivity (Wildman–Crippen MR) is 79.8 cm³/mol. The van der Waals surface area contributed by atoms with E-state index in [0.29, 0.717) is 11.3 Å². The van der Waals surface area contributed by atoms with Crippen LogP contribution in [0.4, 0.5) is 0 Å². The second-order valence-electron chi connectivity index (χ2n) is 5.07. The van der Waals surface area contributed by atoms with Gasteiger partial charge in [-0.1, -0.05) is 13.8 Å². The van der Waals surface area contributed by atoms with Crippen molar-refractivity contribution in [2.24, 2.45) is 0 Å². The molecule has 0 fully saturated rings. The summed E-state index contributed by atoms with van der Waals surface area (Å²) < 4.78 is 5.66. The first-order valence-corrected chi connectivity index (χ1v) is 6.64. The molecule has 2 N–H and O–H groups in total. The lowest BCUT2D eigenvalue weighted by molar-refractivity contribution is 0.451. The molecule has 0 heterocycles. The van der Waals surface area contributed by atoms with Crippen molar-refractivity contribution in [3.8, 4) is 35.1 Å². The Kier molecular flexibility index (Phi) is 4.20. The molecular formula is C17H14N2O3. The van der Waals surface area contributed by atoms with Crippen LogP contribution >= 0.6 is 0 Å². The summed E-state index contributed by atoms with van der Waals surface area (Å²) in [5.41, 5.74) is 0.833. The smallest absolute Gasteiger partial charge is 0.163 e. The number of nitriles is 2. The number of nitrogens with zero attached hydrogens (tertiary/aromatic N) is 2. The van der Waals surface area contributed by atoms with Gasteiger partial charge < -0.3 is 14.9 Å². The Morgan fingerprint density at radius 1 is 1.00 bits per heavy atom. The lowest BCUT2D eigenvalue weighted by Gasteiger charge is -2.13. The number of hydrogen-bond acceptors (Lipinski definition) is 5. The van der Waals surface area contributed by atoms with E-state index >= 15 is 0 Å². The Bertz CT molecular complexity index is 764. The number of hydrogen-bond donors (Lipinski definition) is 2. The van der Waals surface area contributed by atoms with Gasteiger partial charge in [-0.2, -0.15) is 10.5 Å². The number of phenols is 2. The average Bonchev–Trinajstić information content (AvgIpc) is 2.49. The molecule has 2 aromatic carbocycles. The normalized spacial score (nSPS) is 10.0. The highest BCUT2D eigenvalue weighted by Gasteiger charge is 2.15. The number of ether oxygens (including phenoxy) is 1. The van der Waals surface area contributed by atoms with E-state index in [0.717, 1.165) is 0 Å². The topological polar surface area (TPSA) is 97.3 Å². The second-order valence-corrected chi connectivity index (χ2v) is 5.07. The van der Waals surface area contributed by atoms with Crippen LogP contribution in [-0.2, 0) is 0 Å². The lowest BCUT2D eigenvalue weighted by atomic mass is 10.0. The number of benzene rings is 2. The third-order valence-electron chi connectivity index (χ3n) is 3.16. The second kappa shape index (κ2) is 6.07. The standard InChI is InChI=1S/C17H14N2O3/c1-10(2)15-7-14(3-4-16(15)21)22-17-11(8-18)5-13(20)6-12(17)9-19/h3-7,10,20-21H,1-2H3. The van der Waals surface area contributed by atoms with Crippen LogP contribution in [0.1, 0.15) is 36.5 Å². The molecule has 0 aliphatic rings. The average molecular weight is 294 g/mol. The molecule has 0 unspecified atom stereocenters. The molecule has 22 heavy (non-hydrogen) atoms. The van der Waals surface area contributed by atoms with Crippen molar-refractivity contribution in [2.45, 2.75) is 19.8 Å². The lowest BCUT2D eigenvalue weighted by Crippen LogP contribution is -1.95. The van der Waals surface area contributed by atoms with Crippen molar-refractivity contribution in [3.05, 3.63) is 47.0 Å². The summed E-state index contributed by atoms with van der Waals surface area (Å²) in [6.07, 6.45) is 0. The molecule has 0 aromatic heterocycles. The van der Waals surface area contributed by atoms with Crippen molar-refractivity contribution in [1.82, 2.24) is 0 Å². The van der Waals surface area contributed by atoms with Crippen LogP contribution in [0.5, 0.6) is 23.0 Å². The molecule has 0 amide bonds. The van der Waals surface area contributed by atoms with E-state index in [4.69, 9.17) is 15.3 Å². The zero-order valence-corrected chi connectivity index (χ0v) is 12.2. The zero-order chi connectivity index (χ0) is 16.3. The van der Waals surface area contributed by atoms with Gasteiger partial charge in [0.15, 0.2) is 5.75 Å². The first-order chi connectivity index (χ1) is 10.5. The Balaban J connectivity index is 2.50. The SMILES string of the molecule is CC(C)c1cc(Oc2c(C#N)cc(O)cc2C#N)ccc1O. The summed E-state index contributed by atoms with van der Waals surface area (Å²) in [5, 5.41) is 37.6. The maximum atomic E-state index is 9.82. The molecule has 110 valence electrons. The Morgan fingerprint density at radius 2 is 1.59 bits per heavy atom. The minimum atomic E-state index is -0.172. The van der Waals surface area contributed by atoms with E-state index in [1.54, 1.807) is 12.1 Å². The van der Waals surface area contributed by atoms with Crippen molar-refractivity contribution in [3.63, 3.8) is 0 Å². The summed E-state index contributed by atoms with van der Waals surface area (Å²) in [5.74, 6) is 0.570.